The Bertz CT molecular complexity index is 1100. The first-order valence-electron chi connectivity index (χ1n) is 12.1. The van der Waals surface area contributed by atoms with Crippen LogP contribution in [0.1, 0.15) is 59.5 Å². The molecular formula is C26H32N4OS. The van der Waals surface area contributed by atoms with Crippen molar-refractivity contribution >= 4 is 28.0 Å². The predicted octanol–water partition coefficient (Wildman–Crippen LogP) is 5.90. The highest BCUT2D eigenvalue weighted by Gasteiger charge is 2.22. The van der Waals surface area contributed by atoms with Crippen LogP contribution in [-0.4, -0.2) is 36.2 Å². The topological polar surface area (TPSA) is 56.3 Å². The maximum atomic E-state index is 9.02. The molecule has 0 bridgehead atoms. The van der Waals surface area contributed by atoms with Crippen molar-refractivity contribution in [2.75, 3.05) is 31.1 Å². The maximum absolute atomic E-state index is 9.02. The fourth-order valence-electron chi connectivity index (χ4n) is 5.35. The minimum Gasteiger partial charge on any atom is -0.371 e. The van der Waals surface area contributed by atoms with Gasteiger partial charge in [0, 0.05) is 41.1 Å². The SMILES string of the molecule is Cc1c(N2CCCCC2)ccc2c(CCC3CCN(Cc4ccc(C#N)s4)CC3)noc12. The standard InChI is InChI=1S/C26H32N4OS/c1-19-25(30-13-3-2-4-14-30)10-8-23-24(28-31-26(19)23)9-5-20-11-15-29(16-12-20)18-22-7-6-21(17-27)32-22/h6-8,10,20H,2-5,9,11-16,18H2,1H3. The van der Waals surface area contributed by atoms with Gasteiger partial charge in [0.1, 0.15) is 10.9 Å². The highest BCUT2D eigenvalue weighted by molar-refractivity contribution is 7.12. The molecule has 32 heavy (non-hydrogen) atoms. The number of hydrogen-bond acceptors (Lipinski definition) is 6. The molecule has 5 nitrogen and oxygen atoms in total. The van der Waals surface area contributed by atoms with Gasteiger partial charge in [-0.25, -0.2) is 0 Å². The molecule has 0 N–H and O–H groups in total. The molecule has 3 aromatic rings. The molecule has 0 aliphatic carbocycles. The summed E-state index contributed by atoms with van der Waals surface area (Å²) in [4.78, 5) is 7.15. The molecule has 0 amide bonds. The molecule has 0 saturated carbocycles. The normalized spacial score (nSPS) is 18.3. The molecule has 0 spiro atoms. The molecule has 2 fully saturated rings. The van der Waals surface area contributed by atoms with Crippen LogP contribution in [0, 0.1) is 24.2 Å². The Kier molecular flexibility index (Phi) is 6.47. The van der Waals surface area contributed by atoms with Crippen molar-refractivity contribution < 1.29 is 4.52 Å². The number of aromatic nitrogens is 1. The minimum atomic E-state index is 0.754. The number of rotatable bonds is 6. The van der Waals surface area contributed by atoms with Crippen LogP contribution in [0.15, 0.2) is 28.8 Å². The summed E-state index contributed by atoms with van der Waals surface area (Å²) < 4.78 is 5.84. The average molecular weight is 449 g/mol. The van der Waals surface area contributed by atoms with E-state index < -0.39 is 0 Å². The lowest BCUT2D eigenvalue weighted by molar-refractivity contribution is 0.173. The van der Waals surface area contributed by atoms with Crippen molar-refractivity contribution in [1.29, 1.82) is 5.26 Å². The van der Waals surface area contributed by atoms with Gasteiger partial charge < -0.3 is 9.42 Å². The fraction of sp³-hybridized carbons (Fsp3) is 0.538. The third-order valence-corrected chi connectivity index (χ3v) is 8.25. The lowest BCUT2D eigenvalue weighted by atomic mass is 9.91. The van der Waals surface area contributed by atoms with E-state index in [1.54, 1.807) is 11.3 Å². The molecule has 6 heteroatoms. The van der Waals surface area contributed by atoms with Crippen molar-refractivity contribution in [1.82, 2.24) is 10.1 Å². The van der Waals surface area contributed by atoms with Gasteiger partial charge in [0.15, 0.2) is 5.58 Å². The molecular weight excluding hydrogens is 416 g/mol. The Labute approximate surface area is 194 Å². The Morgan fingerprint density at radius 1 is 1.09 bits per heavy atom. The largest absolute Gasteiger partial charge is 0.371 e. The third-order valence-electron chi connectivity index (χ3n) is 7.28. The zero-order chi connectivity index (χ0) is 21.9. The van der Waals surface area contributed by atoms with Crippen molar-refractivity contribution in [3.8, 4) is 6.07 Å². The summed E-state index contributed by atoms with van der Waals surface area (Å²) in [6.45, 7) is 7.75. The predicted molar refractivity (Wildman–Crippen MR) is 130 cm³/mol. The summed E-state index contributed by atoms with van der Waals surface area (Å²) in [6, 6.07) is 10.8. The number of fused-ring (bicyclic) bond motifs is 1. The van der Waals surface area contributed by atoms with Crippen LogP contribution in [-0.2, 0) is 13.0 Å². The number of aryl methyl sites for hydroxylation is 2. The van der Waals surface area contributed by atoms with Gasteiger partial charge in [0.25, 0.3) is 0 Å². The van der Waals surface area contributed by atoms with Gasteiger partial charge in [0.2, 0.25) is 0 Å². The first-order valence-corrected chi connectivity index (χ1v) is 12.9. The molecule has 2 aromatic heterocycles. The van der Waals surface area contributed by atoms with Gasteiger partial charge >= 0.3 is 0 Å². The first kappa shape index (κ1) is 21.5. The quantitative estimate of drug-likeness (QED) is 0.469. The molecule has 5 rings (SSSR count). The Hall–Kier alpha value is -2.36. The van der Waals surface area contributed by atoms with Crippen molar-refractivity contribution in [2.24, 2.45) is 5.92 Å². The third kappa shape index (κ3) is 4.55. The second-order valence-corrected chi connectivity index (χ2v) is 10.6. The van der Waals surface area contributed by atoms with Crippen LogP contribution in [0.5, 0.6) is 0 Å². The molecule has 2 aliphatic rings. The molecule has 1 aromatic carbocycles. The summed E-state index contributed by atoms with van der Waals surface area (Å²) in [5.74, 6) is 0.754. The van der Waals surface area contributed by atoms with Gasteiger partial charge in [-0.2, -0.15) is 5.26 Å². The van der Waals surface area contributed by atoms with Crippen molar-refractivity contribution in [3.05, 3.63) is 45.3 Å². The number of likely N-dealkylation sites (tertiary alicyclic amines) is 1. The van der Waals surface area contributed by atoms with E-state index in [9.17, 15) is 0 Å². The van der Waals surface area contributed by atoms with Gasteiger partial charge in [-0.15, -0.1) is 11.3 Å². The van der Waals surface area contributed by atoms with Gasteiger partial charge in [-0.1, -0.05) is 5.16 Å². The summed E-state index contributed by atoms with van der Waals surface area (Å²) in [7, 11) is 0. The average Bonchev–Trinajstić information content (AvgIpc) is 3.47. The highest BCUT2D eigenvalue weighted by atomic mass is 32.1. The minimum absolute atomic E-state index is 0.754. The summed E-state index contributed by atoms with van der Waals surface area (Å²) in [5.41, 5.74) is 4.66. The van der Waals surface area contributed by atoms with Crippen molar-refractivity contribution in [3.63, 3.8) is 0 Å². The Balaban J connectivity index is 1.16. The van der Waals surface area contributed by atoms with E-state index in [0.717, 1.165) is 61.2 Å². The van der Waals surface area contributed by atoms with Crippen LogP contribution in [0.2, 0.25) is 0 Å². The maximum Gasteiger partial charge on any atom is 0.172 e. The number of hydrogen-bond donors (Lipinski definition) is 0. The van der Waals surface area contributed by atoms with Crippen LogP contribution in [0.4, 0.5) is 5.69 Å². The zero-order valence-electron chi connectivity index (χ0n) is 19.0. The number of piperidine rings is 2. The number of anilines is 1. The summed E-state index contributed by atoms with van der Waals surface area (Å²) >= 11 is 1.62. The molecule has 168 valence electrons. The lowest BCUT2D eigenvalue weighted by Gasteiger charge is -2.31. The molecule has 0 atom stereocenters. The summed E-state index contributed by atoms with van der Waals surface area (Å²) in [6.07, 6.45) is 8.57. The van der Waals surface area contributed by atoms with Gasteiger partial charge in [-0.3, -0.25) is 4.90 Å². The Morgan fingerprint density at radius 3 is 2.66 bits per heavy atom. The molecule has 2 aliphatic heterocycles. The van der Waals surface area contributed by atoms with E-state index in [1.165, 1.54) is 60.0 Å². The van der Waals surface area contributed by atoms with Crippen LogP contribution < -0.4 is 4.90 Å². The second-order valence-electron chi connectivity index (χ2n) is 9.40. The first-order chi connectivity index (χ1) is 15.7. The summed E-state index contributed by atoms with van der Waals surface area (Å²) in [5, 5.41) is 14.7. The van der Waals surface area contributed by atoms with Crippen LogP contribution >= 0.6 is 11.3 Å². The van der Waals surface area contributed by atoms with Gasteiger partial charge in [-0.05, 0) is 95.1 Å². The number of nitriles is 1. The van der Waals surface area contributed by atoms with E-state index in [4.69, 9.17) is 9.78 Å². The Morgan fingerprint density at radius 2 is 1.91 bits per heavy atom. The number of thiophene rings is 1. The smallest absolute Gasteiger partial charge is 0.172 e. The van der Waals surface area contributed by atoms with Crippen molar-refractivity contribution in [2.45, 2.75) is 58.4 Å². The molecule has 4 heterocycles. The number of nitrogens with zero attached hydrogens (tertiary/aromatic N) is 4. The van der Waals surface area contributed by atoms with E-state index in [2.05, 4.69) is 46.1 Å². The molecule has 0 radical (unpaired) electrons. The monoisotopic (exact) mass is 448 g/mol. The van der Waals surface area contributed by atoms with E-state index in [-0.39, 0.29) is 0 Å². The molecule has 2 saturated heterocycles. The molecule has 0 unspecified atom stereocenters. The fourth-order valence-corrected chi connectivity index (χ4v) is 6.20. The van der Waals surface area contributed by atoms with Crippen LogP contribution in [0.3, 0.4) is 0 Å². The van der Waals surface area contributed by atoms with Crippen LogP contribution in [0.25, 0.3) is 11.0 Å². The van der Waals surface area contributed by atoms with Gasteiger partial charge in [0.05, 0.1) is 5.69 Å². The second kappa shape index (κ2) is 9.64. The van der Waals surface area contributed by atoms with E-state index in [1.807, 2.05) is 6.07 Å². The number of benzene rings is 1. The van der Waals surface area contributed by atoms with E-state index >= 15 is 0 Å². The lowest BCUT2D eigenvalue weighted by Crippen LogP contribution is -2.33. The zero-order valence-corrected chi connectivity index (χ0v) is 19.8. The van der Waals surface area contributed by atoms with E-state index in [0.29, 0.717) is 0 Å². The highest BCUT2D eigenvalue weighted by Crippen LogP contribution is 2.33.